The number of hydroxylamine groups is 2. The zero-order valence-corrected chi connectivity index (χ0v) is 12.0. The Morgan fingerprint density at radius 2 is 1.82 bits per heavy atom. The SMILES string of the molecule is O=C1[C@@H]2[C@H](C(=O)N1OCc1c(F)cccc1Cl)[C@H]1C=C[C@@H]2O1. The van der Waals surface area contributed by atoms with Crippen molar-refractivity contribution in [2.45, 2.75) is 18.8 Å². The molecule has 22 heavy (non-hydrogen) atoms. The molecule has 5 nitrogen and oxygen atoms in total. The normalized spacial score (nSPS) is 32.2. The summed E-state index contributed by atoms with van der Waals surface area (Å²) in [6.45, 7) is -0.286. The van der Waals surface area contributed by atoms with Gasteiger partial charge < -0.3 is 4.74 Å². The van der Waals surface area contributed by atoms with Crippen LogP contribution in [0, 0.1) is 17.7 Å². The van der Waals surface area contributed by atoms with Gasteiger partial charge in [0.05, 0.1) is 24.0 Å². The van der Waals surface area contributed by atoms with E-state index >= 15 is 0 Å². The summed E-state index contributed by atoms with van der Waals surface area (Å²) in [7, 11) is 0. The Hall–Kier alpha value is -1.76. The standard InChI is InChI=1S/C15H11ClFNO4/c16-8-2-1-3-9(17)7(8)6-21-18-14(19)12-10-4-5-11(22-10)13(12)15(18)20/h1-5,10-13H,6H2/t10-,11+,12-,13+. The van der Waals surface area contributed by atoms with Crippen molar-refractivity contribution in [2.75, 3.05) is 0 Å². The summed E-state index contributed by atoms with van der Waals surface area (Å²) in [5.74, 6) is -2.52. The van der Waals surface area contributed by atoms with Crippen molar-refractivity contribution < 1.29 is 23.6 Å². The smallest absolute Gasteiger partial charge is 0.260 e. The summed E-state index contributed by atoms with van der Waals surface area (Å²) < 4.78 is 19.2. The summed E-state index contributed by atoms with van der Waals surface area (Å²) in [6.07, 6.45) is 2.82. The third kappa shape index (κ3) is 1.84. The molecule has 0 spiro atoms. The van der Waals surface area contributed by atoms with Crippen LogP contribution in [0.15, 0.2) is 30.4 Å². The molecule has 114 valence electrons. The van der Waals surface area contributed by atoms with Crippen molar-refractivity contribution in [3.8, 4) is 0 Å². The van der Waals surface area contributed by atoms with Gasteiger partial charge in [-0.25, -0.2) is 4.39 Å². The highest BCUT2D eigenvalue weighted by molar-refractivity contribution is 6.31. The van der Waals surface area contributed by atoms with Gasteiger partial charge in [0.15, 0.2) is 0 Å². The van der Waals surface area contributed by atoms with Crippen LogP contribution in [0.5, 0.6) is 0 Å². The van der Waals surface area contributed by atoms with E-state index in [1.807, 2.05) is 0 Å². The molecule has 4 rings (SSSR count). The Labute approximate surface area is 130 Å². The van der Waals surface area contributed by atoms with E-state index in [1.165, 1.54) is 18.2 Å². The van der Waals surface area contributed by atoms with Crippen LogP contribution in [0.2, 0.25) is 5.02 Å². The molecule has 2 fully saturated rings. The lowest BCUT2D eigenvalue weighted by Crippen LogP contribution is -2.34. The van der Waals surface area contributed by atoms with E-state index in [0.29, 0.717) is 0 Å². The molecule has 3 aliphatic rings. The zero-order valence-electron chi connectivity index (χ0n) is 11.2. The number of ether oxygens (including phenoxy) is 1. The van der Waals surface area contributed by atoms with Crippen LogP contribution in [0.4, 0.5) is 4.39 Å². The Morgan fingerprint density at radius 3 is 2.41 bits per heavy atom. The minimum absolute atomic E-state index is 0.110. The zero-order chi connectivity index (χ0) is 15.4. The summed E-state index contributed by atoms with van der Waals surface area (Å²) in [6, 6.07) is 4.23. The predicted octanol–water partition coefficient (Wildman–Crippen LogP) is 1.85. The van der Waals surface area contributed by atoms with Crippen molar-refractivity contribution in [3.05, 3.63) is 46.8 Å². The first kappa shape index (κ1) is 13.9. The van der Waals surface area contributed by atoms with Crippen LogP contribution in [0.1, 0.15) is 5.56 Å². The van der Waals surface area contributed by atoms with Gasteiger partial charge in [-0.15, -0.1) is 0 Å². The van der Waals surface area contributed by atoms with Gasteiger partial charge in [0.25, 0.3) is 11.8 Å². The molecule has 0 N–H and O–H groups in total. The Bertz CT molecular complexity index is 657. The third-order valence-electron chi connectivity index (χ3n) is 4.27. The molecule has 0 radical (unpaired) electrons. The molecule has 1 aromatic carbocycles. The van der Waals surface area contributed by atoms with Crippen molar-refractivity contribution in [1.29, 1.82) is 0 Å². The van der Waals surface area contributed by atoms with Gasteiger partial charge in [-0.3, -0.25) is 14.4 Å². The van der Waals surface area contributed by atoms with Crippen LogP contribution >= 0.6 is 11.6 Å². The van der Waals surface area contributed by atoms with Gasteiger partial charge in [0.1, 0.15) is 12.4 Å². The first-order chi connectivity index (χ1) is 10.6. The fourth-order valence-corrected chi connectivity index (χ4v) is 3.42. The second-order valence-electron chi connectivity index (χ2n) is 5.45. The molecular weight excluding hydrogens is 313 g/mol. The largest absolute Gasteiger partial charge is 0.365 e. The summed E-state index contributed by atoms with van der Waals surface area (Å²) >= 11 is 5.90. The number of carbonyl (C=O) groups excluding carboxylic acids is 2. The molecule has 2 saturated heterocycles. The van der Waals surface area contributed by atoms with E-state index in [4.69, 9.17) is 21.2 Å². The van der Waals surface area contributed by atoms with Gasteiger partial charge in [-0.1, -0.05) is 29.8 Å². The number of fused-ring (bicyclic) bond motifs is 5. The summed E-state index contributed by atoms with van der Waals surface area (Å²) in [5, 5.41) is 0.914. The first-order valence-corrected chi connectivity index (χ1v) is 7.23. The van der Waals surface area contributed by atoms with Gasteiger partial charge in [-0.2, -0.15) is 5.06 Å². The number of rotatable bonds is 3. The number of carbonyl (C=O) groups is 2. The van der Waals surface area contributed by atoms with Crippen molar-refractivity contribution in [3.63, 3.8) is 0 Å². The molecule has 3 aliphatic heterocycles. The maximum Gasteiger partial charge on any atom is 0.260 e. The first-order valence-electron chi connectivity index (χ1n) is 6.85. The number of halogens is 2. The van der Waals surface area contributed by atoms with Crippen LogP contribution in [0.25, 0.3) is 0 Å². The molecule has 0 unspecified atom stereocenters. The quantitative estimate of drug-likeness (QED) is 0.629. The highest BCUT2D eigenvalue weighted by Crippen LogP contribution is 2.45. The maximum absolute atomic E-state index is 13.7. The fourth-order valence-electron chi connectivity index (χ4n) is 3.20. The molecule has 7 heteroatoms. The van der Waals surface area contributed by atoms with Gasteiger partial charge in [0, 0.05) is 10.6 Å². The monoisotopic (exact) mass is 323 g/mol. The number of nitrogens with zero attached hydrogens (tertiary/aromatic N) is 1. The highest BCUT2D eigenvalue weighted by Gasteiger charge is 2.61. The van der Waals surface area contributed by atoms with Crippen molar-refractivity contribution in [1.82, 2.24) is 5.06 Å². The second-order valence-corrected chi connectivity index (χ2v) is 5.85. The average molecular weight is 324 g/mol. The van der Waals surface area contributed by atoms with E-state index < -0.39 is 29.5 Å². The molecule has 3 heterocycles. The minimum atomic E-state index is -0.545. The molecular formula is C15H11ClFNO4. The lowest BCUT2D eigenvalue weighted by Gasteiger charge is -2.17. The van der Waals surface area contributed by atoms with Crippen LogP contribution in [0.3, 0.4) is 0 Å². The highest BCUT2D eigenvalue weighted by atomic mass is 35.5. The molecule has 0 aliphatic carbocycles. The van der Waals surface area contributed by atoms with Crippen LogP contribution < -0.4 is 0 Å². The molecule has 2 bridgehead atoms. The van der Waals surface area contributed by atoms with Gasteiger partial charge >= 0.3 is 0 Å². The van der Waals surface area contributed by atoms with Crippen LogP contribution in [-0.2, 0) is 25.8 Å². The maximum atomic E-state index is 13.7. The minimum Gasteiger partial charge on any atom is -0.365 e. The fraction of sp³-hybridized carbons (Fsp3) is 0.333. The van der Waals surface area contributed by atoms with E-state index in [0.717, 1.165) is 5.06 Å². The summed E-state index contributed by atoms with van der Waals surface area (Å²) in [4.78, 5) is 29.9. The van der Waals surface area contributed by atoms with E-state index in [9.17, 15) is 14.0 Å². The number of benzene rings is 1. The average Bonchev–Trinajstić information content (AvgIpc) is 3.15. The number of hydrogen-bond donors (Lipinski definition) is 0. The van der Waals surface area contributed by atoms with Gasteiger partial charge in [0.2, 0.25) is 0 Å². The number of imide groups is 1. The van der Waals surface area contributed by atoms with Crippen molar-refractivity contribution >= 4 is 23.4 Å². The Kier molecular flexibility index (Phi) is 3.07. The molecule has 1 aromatic rings. The molecule has 0 aromatic heterocycles. The van der Waals surface area contributed by atoms with Gasteiger partial charge in [-0.05, 0) is 12.1 Å². The van der Waals surface area contributed by atoms with E-state index in [1.54, 1.807) is 12.2 Å². The molecule has 4 atom stereocenters. The van der Waals surface area contributed by atoms with Crippen LogP contribution in [-0.4, -0.2) is 29.1 Å². The van der Waals surface area contributed by atoms with Crippen molar-refractivity contribution in [2.24, 2.45) is 11.8 Å². The lowest BCUT2D eigenvalue weighted by molar-refractivity contribution is -0.195. The lowest BCUT2D eigenvalue weighted by atomic mass is 9.85. The number of hydrogen-bond acceptors (Lipinski definition) is 4. The predicted molar refractivity (Wildman–Crippen MR) is 72.8 cm³/mol. The topological polar surface area (TPSA) is 55.8 Å². The third-order valence-corrected chi connectivity index (χ3v) is 4.62. The van der Waals surface area contributed by atoms with E-state index in [2.05, 4.69) is 0 Å². The second kappa shape index (κ2) is 4.87. The number of amides is 2. The molecule has 0 saturated carbocycles. The Morgan fingerprint density at radius 1 is 1.18 bits per heavy atom. The van der Waals surface area contributed by atoms with E-state index in [-0.39, 0.29) is 29.4 Å². The summed E-state index contributed by atoms with van der Waals surface area (Å²) in [5.41, 5.74) is 0.110. The molecule has 2 amide bonds. The Balaban J connectivity index is 1.53.